The highest BCUT2D eigenvalue weighted by Crippen LogP contribution is 2.24. The molecule has 2 aromatic rings. The molecule has 0 atom stereocenters. The van der Waals surface area contributed by atoms with Gasteiger partial charge in [-0.3, -0.25) is 0 Å². The molecular formula is C15H15ClFNO2. The first kappa shape index (κ1) is 14.6. The lowest BCUT2D eigenvalue weighted by molar-refractivity contribution is 0.210. The number of benzene rings is 2. The molecule has 2 rings (SSSR count). The van der Waals surface area contributed by atoms with Crippen molar-refractivity contribution < 1.29 is 13.9 Å². The standard InChI is InChI=1S/C15H15ClFNO2/c16-12-5-3-7-14(15(12)17)20-9-8-19-13-6-2-1-4-11(13)10-18/h1-7H,8-10,18H2. The summed E-state index contributed by atoms with van der Waals surface area (Å²) < 4.78 is 24.4. The van der Waals surface area contributed by atoms with Crippen LogP contribution in [0.5, 0.6) is 11.5 Å². The second-order valence-corrected chi connectivity index (χ2v) is 4.47. The third kappa shape index (κ3) is 3.62. The van der Waals surface area contributed by atoms with Crippen molar-refractivity contribution in [3.05, 3.63) is 58.9 Å². The smallest absolute Gasteiger partial charge is 0.183 e. The van der Waals surface area contributed by atoms with Gasteiger partial charge in [-0.2, -0.15) is 0 Å². The fraction of sp³-hybridized carbons (Fsp3) is 0.200. The zero-order valence-electron chi connectivity index (χ0n) is 10.8. The molecule has 0 saturated carbocycles. The Labute approximate surface area is 122 Å². The molecular weight excluding hydrogens is 281 g/mol. The molecule has 106 valence electrons. The predicted molar refractivity (Wildman–Crippen MR) is 76.7 cm³/mol. The molecule has 0 aliphatic rings. The van der Waals surface area contributed by atoms with Gasteiger partial charge in [0.2, 0.25) is 0 Å². The van der Waals surface area contributed by atoms with E-state index in [1.165, 1.54) is 12.1 Å². The second kappa shape index (κ2) is 7.12. The molecule has 3 nitrogen and oxygen atoms in total. The SMILES string of the molecule is NCc1ccccc1OCCOc1cccc(Cl)c1F. The van der Waals surface area contributed by atoms with E-state index in [1.54, 1.807) is 6.07 Å². The lowest BCUT2D eigenvalue weighted by atomic mass is 10.2. The molecule has 0 aliphatic heterocycles. The average molecular weight is 296 g/mol. The number of rotatable bonds is 6. The monoisotopic (exact) mass is 295 g/mol. The van der Waals surface area contributed by atoms with Crippen LogP contribution in [0.1, 0.15) is 5.56 Å². The van der Waals surface area contributed by atoms with Crippen LogP contribution in [0.2, 0.25) is 5.02 Å². The van der Waals surface area contributed by atoms with Crippen molar-refractivity contribution >= 4 is 11.6 Å². The maximum atomic E-state index is 13.6. The molecule has 0 aliphatic carbocycles. The van der Waals surface area contributed by atoms with Crippen LogP contribution in [0, 0.1) is 5.82 Å². The highest BCUT2D eigenvalue weighted by Gasteiger charge is 2.07. The normalized spacial score (nSPS) is 10.3. The number of para-hydroxylation sites is 1. The predicted octanol–water partition coefficient (Wildman–Crippen LogP) is 3.40. The van der Waals surface area contributed by atoms with Crippen LogP contribution < -0.4 is 15.2 Å². The van der Waals surface area contributed by atoms with E-state index in [0.29, 0.717) is 18.9 Å². The lowest BCUT2D eigenvalue weighted by Gasteiger charge is -2.11. The summed E-state index contributed by atoms with van der Waals surface area (Å²) in [5.41, 5.74) is 6.52. The minimum absolute atomic E-state index is 0.0388. The van der Waals surface area contributed by atoms with Gasteiger partial charge in [-0.15, -0.1) is 0 Å². The third-order valence-electron chi connectivity index (χ3n) is 2.71. The Morgan fingerprint density at radius 3 is 2.35 bits per heavy atom. The number of halogens is 2. The lowest BCUT2D eigenvalue weighted by Crippen LogP contribution is -2.11. The number of hydrogen-bond donors (Lipinski definition) is 1. The first-order valence-corrected chi connectivity index (χ1v) is 6.57. The Kier molecular flexibility index (Phi) is 5.21. The Morgan fingerprint density at radius 2 is 1.60 bits per heavy atom. The van der Waals surface area contributed by atoms with E-state index in [2.05, 4.69) is 0 Å². The van der Waals surface area contributed by atoms with Gasteiger partial charge >= 0.3 is 0 Å². The first-order valence-electron chi connectivity index (χ1n) is 6.20. The van der Waals surface area contributed by atoms with Crippen LogP contribution in [-0.4, -0.2) is 13.2 Å². The van der Waals surface area contributed by atoms with Gasteiger partial charge in [-0.1, -0.05) is 35.9 Å². The quantitative estimate of drug-likeness (QED) is 0.831. The molecule has 0 fully saturated rings. The molecule has 0 aromatic heterocycles. The average Bonchev–Trinajstić information content (AvgIpc) is 2.48. The number of nitrogens with two attached hydrogens (primary N) is 1. The van der Waals surface area contributed by atoms with Crippen molar-refractivity contribution in [1.29, 1.82) is 0 Å². The van der Waals surface area contributed by atoms with Crippen LogP contribution in [0.3, 0.4) is 0 Å². The molecule has 20 heavy (non-hydrogen) atoms. The Bertz CT molecular complexity index is 578. The fourth-order valence-corrected chi connectivity index (χ4v) is 1.88. The van der Waals surface area contributed by atoms with Crippen molar-refractivity contribution in [1.82, 2.24) is 0 Å². The van der Waals surface area contributed by atoms with Crippen LogP contribution in [0.4, 0.5) is 4.39 Å². The zero-order valence-corrected chi connectivity index (χ0v) is 11.6. The van der Waals surface area contributed by atoms with Gasteiger partial charge in [0, 0.05) is 12.1 Å². The molecule has 2 N–H and O–H groups in total. The summed E-state index contributed by atoms with van der Waals surface area (Å²) in [5.74, 6) is 0.273. The summed E-state index contributed by atoms with van der Waals surface area (Å²) >= 11 is 5.66. The highest BCUT2D eigenvalue weighted by atomic mass is 35.5. The topological polar surface area (TPSA) is 44.5 Å². The Morgan fingerprint density at radius 1 is 0.950 bits per heavy atom. The minimum Gasteiger partial charge on any atom is -0.490 e. The van der Waals surface area contributed by atoms with E-state index in [1.807, 2.05) is 24.3 Å². The summed E-state index contributed by atoms with van der Waals surface area (Å²) in [7, 11) is 0. The molecule has 0 saturated heterocycles. The minimum atomic E-state index is -0.559. The molecule has 0 heterocycles. The van der Waals surface area contributed by atoms with Crippen molar-refractivity contribution in [2.45, 2.75) is 6.54 Å². The van der Waals surface area contributed by atoms with Crippen molar-refractivity contribution in [2.75, 3.05) is 13.2 Å². The molecule has 0 unspecified atom stereocenters. The summed E-state index contributed by atoms with van der Waals surface area (Å²) in [5, 5.41) is 0.0388. The van der Waals surface area contributed by atoms with Crippen molar-refractivity contribution in [3.63, 3.8) is 0 Å². The van der Waals surface area contributed by atoms with Gasteiger partial charge in [0.25, 0.3) is 0 Å². The Hall–Kier alpha value is -1.78. The van der Waals surface area contributed by atoms with Gasteiger partial charge < -0.3 is 15.2 Å². The maximum absolute atomic E-state index is 13.6. The zero-order chi connectivity index (χ0) is 14.4. The van der Waals surface area contributed by atoms with Crippen LogP contribution in [-0.2, 0) is 6.54 Å². The molecule has 5 heteroatoms. The largest absolute Gasteiger partial charge is 0.490 e. The highest BCUT2D eigenvalue weighted by molar-refractivity contribution is 6.30. The van der Waals surface area contributed by atoms with Crippen LogP contribution in [0.25, 0.3) is 0 Å². The molecule has 0 radical (unpaired) electrons. The summed E-state index contributed by atoms with van der Waals surface area (Å²) in [6.07, 6.45) is 0. The first-order chi connectivity index (χ1) is 9.72. The van der Waals surface area contributed by atoms with Gasteiger partial charge in [-0.25, -0.2) is 4.39 Å². The van der Waals surface area contributed by atoms with E-state index >= 15 is 0 Å². The van der Waals surface area contributed by atoms with Crippen molar-refractivity contribution in [2.24, 2.45) is 5.73 Å². The van der Waals surface area contributed by atoms with Crippen LogP contribution >= 0.6 is 11.6 Å². The molecule has 0 bridgehead atoms. The maximum Gasteiger partial charge on any atom is 0.183 e. The summed E-state index contributed by atoms with van der Waals surface area (Å²) in [6, 6.07) is 12.1. The van der Waals surface area contributed by atoms with E-state index in [4.69, 9.17) is 26.8 Å². The molecule has 0 spiro atoms. The Balaban J connectivity index is 1.86. The van der Waals surface area contributed by atoms with E-state index in [-0.39, 0.29) is 17.4 Å². The van der Waals surface area contributed by atoms with Crippen LogP contribution in [0.15, 0.2) is 42.5 Å². The number of hydrogen-bond acceptors (Lipinski definition) is 3. The fourth-order valence-electron chi connectivity index (χ4n) is 1.71. The molecule has 0 amide bonds. The van der Waals surface area contributed by atoms with Gasteiger partial charge in [-0.05, 0) is 18.2 Å². The second-order valence-electron chi connectivity index (χ2n) is 4.06. The number of ether oxygens (including phenoxy) is 2. The van der Waals surface area contributed by atoms with Crippen molar-refractivity contribution in [3.8, 4) is 11.5 Å². The third-order valence-corrected chi connectivity index (χ3v) is 3.00. The van der Waals surface area contributed by atoms with Gasteiger partial charge in [0.1, 0.15) is 19.0 Å². The van der Waals surface area contributed by atoms with E-state index in [9.17, 15) is 4.39 Å². The van der Waals surface area contributed by atoms with E-state index < -0.39 is 5.82 Å². The van der Waals surface area contributed by atoms with Gasteiger partial charge in [0.15, 0.2) is 11.6 Å². The van der Waals surface area contributed by atoms with Gasteiger partial charge in [0.05, 0.1) is 5.02 Å². The molecule has 2 aromatic carbocycles. The summed E-state index contributed by atoms with van der Waals surface area (Å²) in [4.78, 5) is 0. The van der Waals surface area contributed by atoms with E-state index in [0.717, 1.165) is 5.56 Å². The summed E-state index contributed by atoms with van der Waals surface area (Å²) in [6.45, 7) is 0.916.